The van der Waals surface area contributed by atoms with Crippen molar-refractivity contribution in [2.45, 2.75) is 38.5 Å². The van der Waals surface area contributed by atoms with Crippen molar-refractivity contribution < 1.29 is 4.00 Å². The molecular formula is C15H22N3S+. The number of fused-ring (bicyclic) bond motifs is 2. The minimum absolute atomic E-state index is 0.563. The summed E-state index contributed by atoms with van der Waals surface area (Å²) in [7, 11) is 2.24. The molecule has 1 N–H and O–H groups in total. The van der Waals surface area contributed by atoms with Crippen LogP contribution in [0.3, 0.4) is 0 Å². The lowest BCUT2D eigenvalue weighted by molar-refractivity contribution is -0.703. The number of benzene rings is 1. The Morgan fingerprint density at radius 2 is 2.37 bits per heavy atom. The van der Waals surface area contributed by atoms with Crippen molar-refractivity contribution in [3.8, 4) is 0 Å². The van der Waals surface area contributed by atoms with E-state index < -0.39 is 0 Å². The van der Waals surface area contributed by atoms with Crippen LogP contribution in [0.15, 0.2) is 18.2 Å². The molecular weight excluding hydrogens is 254 g/mol. The third-order valence-electron chi connectivity index (χ3n) is 5.06. The van der Waals surface area contributed by atoms with Gasteiger partial charge in [-0.3, -0.25) is 4.90 Å². The molecule has 3 atom stereocenters. The first-order valence-electron chi connectivity index (χ1n) is 7.30. The normalized spacial score (nSPS) is 36.9. The van der Waals surface area contributed by atoms with Crippen molar-refractivity contribution in [2.24, 2.45) is 0 Å². The first-order valence-corrected chi connectivity index (χ1v) is 8.25. The van der Waals surface area contributed by atoms with Crippen LogP contribution >= 0.6 is 11.9 Å². The highest BCUT2D eigenvalue weighted by Gasteiger charge is 2.61. The minimum atomic E-state index is 0.563. The van der Waals surface area contributed by atoms with Crippen LogP contribution in [-0.4, -0.2) is 34.4 Å². The molecule has 3 nitrogen and oxygen atoms in total. The minimum Gasteiger partial charge on any atom is -0.299 e. The highest BCUT2D eigenvalue weighted by atomic mass is 32.2. The Bertz CT molecular complexity index is 518. The monoisotopic (exact) mass is 276 g/mol. The van der Waals surface area contributed by atoms with Crippen molar-refractivity contribution >= 4 is 11.9 Å². The summed E-state index contributed by atoms with van der Waals surface area (Å²) in [4.78, 5) is 2.46. The number of likely N-dealkylation sites (N-methyl/N-ethyl adjacent to an activating group) is 1. The number of hydrogen-bond acceptors (Lipinski definition) is 3. The van der Waals surface area contributed by atoms with Gasteiger partial charge in [0.25, 0.3) is 0 Å². The molecule has 3 aliphatic heterocycles. The molecule has 0 amide bonds. The number of hydrogen-bond donors (Lipinski definition) is 1. The van der Waals surface area contributed by atoms with Gasteiger partial charge in [0, 0.05) is 24.6 Å². The Labute approximate surface area is 119 Å². The smallest absolute Gasteiger partial charge is 0.215 e. The first-order chi connectivity index (χ1) is 9.20. The van der Waals surface area contributed by atoms with Crippen molar-refractivity contribution in [1.82, 2.24) is 10.3 Å². The van der Waals surface area contributed by atoms with Gasteiger partial charge in [0.05, 0.1) is 17.7 Å². The highest BCUT2D eigenvalue weighted by Crippen LogP contribution is 2.46. The molecule has 1 aromatic rings. The van der Waals surface area contributed by atoms with Crippen molar-refractivity contribution in [2.75, 3.05) is 19.3 Å². The summed E-state index contributed by atoms with van der Waals surface area (Å²) in [6.45, 7) is 4.68. The van der Waals surface area contributed by atoms with Crippen molar-refractivity contribution in [3.63, 3.8) is 0 Å². The van der Waals surface area contributed by atoms with Crippen LogP contribution in [0.4, 0.5) is 0 Å². The number of quaternary nitrogens is 1. The fraction of sp³-hybridized carbons (Fsp3) is 0.600. The van der Waals surface area contributed by atoms with Crippen molar-refractivity contribution in [3.05, 3.63) is 34.9 Å². The second-order valence-electron chi connectivity index (χ2n) is 6.11. The Balaban J connectivity index is 1.66. The molecule has 2 fully saturated rings. The van der Waals surface area contributed by atoms with E-state index in [-0.39, 0.29) is 0 Å². The van der Waals surface area contributed by atoms with Gasteiger partial charge >= 0.3 is 0 Å². The second-order valence-corrected chi connectivity index (χ2v) is 7.43. The van der Waals surface area contributed by atoms with E-state index in [0.29, 0.717) is 6.04 Å². The topological polar surface area (TPSA) is 25.2 Å². The molecule has 0 saturated carbocycles. The number of nitrogens with zero attached hydrogens (tertiary/aromatic N) is 2. The Kier molecular flexibility index (Phi) is 2.71. The van der Waals surface area contributed by atoms with E-state index in [1.54, 1.807) is 16.7 Å². The average Bonchev–Trinajstić information content (AvgIpc) is 2.95. The van der Waals surface area contributed by atoms with E-state index in [9.17, 15) is 0 Å². The third-order valence-corrected chi connectivity index (χ3v) is 6.42. The maximum Gasteiger partial charge on any atom is 0.215 e. The lowest BCUT2D eigenvalue weighted by Gasteiger charge is -2.33. The van der Waals surface area contributed by atoms with Crippen LogP contribution in [0.2, 0.25) is 0 Å². The lowest BCUT2D eigenvalue weighted by Crippen LogP contribution is -2.32. The maximum absolute atomic E-state index is 3.65. The zero-order chi connectivity index (χ0) is 13.0. The molecule has 19 heavy (non-hydrogen) atoms. The average molecular weight is 276 g/mol. The van der Waals surface area contributed by atoms with E-state index in [1.165, 1.54) is 25.1 Å². The molecule has 0 bridgehead atoms. The Hall–Kier alpha value is -0.550. The van der Waals surface area contributed by atoms with Crippen LogP contribution in [0.5, 0.6) is 0 Å². The summed E-state index contributed by atoms with van der Waals surface area (Å²) in [5.41, 5.74) is 8.39. The molecule has 3 aliphatic rings. The molecule has 0 aliphatic carbocycles. The van der Waals surface area contributed by atoms with Gasteiger partial charge in [0.1, 0.15) is 6.54 Å². The molecule has 2 saturated heterocycles. The number of nitrogens with one attached hydrogen (secondary N) is 1. The van der Waals surface area contributed by atoms with Gasteiger partial charge in [0.2, 0.25) is 6.17 Å². The fourth-order valence-electron chi connectivity index (χ4n) is 3.62. The predicted octanol–water partition coefficient (Wildman–Crippen LogP) is 2.45. The highest BCUT2D eigenvalue weighted by molar-refractivity contribution is 7.94. The van der Waals surface area contributed by atoms with Gasteiger partial charge in [-0.15, -0.1) is 0 Å². The van der Waals surface area contributed by atoms with E-state index >= 15 is 0 Å². The van der Waals surface area contributed by atoms with Crippen LogP contribution < -0.4 is 5.43 Å². The predicted molar refractivity (Wildman–Crippen MR) is 79.2 cm³/mol. The molecule has 0 radical (unpaired) electrons. The van der Waals surface area contributed by atoms with Crippen LogP contribution in [0, 0.1) is 0 Å². The second kappa shape index (κ2) is 4.22. The lowest BCUT2D eigenvalue weighted by atomic mass is 9.90. The third kappa shape index (κ3) is 1.85. The van der Waals surface area contributed by atoms with Crippen molar-refractivity contribution in [1.29, 1.82) is 0 Å². The molecule has 102 valence electrons. The summed E-state index contributed by atoms with van der Waals surface area (Å²) in [6.07, 6.45) is 3.27. The van der Waals surface area contributed by atoms with Gasteiger partial charge in [-0.1, -0.05) is 23.6 Å². The van der Waals surface area contributed by atoms with E-state index in [2.05, 4.69) is 54.4 Å². The van der Waals surface area contributed by atoms with Gasteiger partial charge in [-0.2, -0.15) is 4.00 Å². The molecule has 4 rings (SSSR count). The first kappa shape index (κ1) is 12.2. The maximum atomic E-state index is 3.65. The largest absolute Gasteiger partial charge is 0.299 e. The molecule has 0 spiro atoms. The van der Waals surface area contributed by atoms with E-state index in [0.717, 1.165) is 16.7 Å². The van der Waals surface area contributed by atoms with E-state index in [4.69, 9.17) is 0 Å². The summed E-state index contributed by atoms with van der Waals surface area (Å²) in [6, 6.07) is 7.48. The summed E-state index contributed by atoms with van der Waals surface area (Å²) < 4.78 is 1.08. The summed E-state index contributed by atoms with van der Waals surface area (Å²) >= 11 is 2.08. The Morgan fingerprint density at radius 3 is 3.11 bits per heavy atom. The van der Waals surface area contributed by atoms with Crippen LogP contribution in [-0.2, 0) is 13.0 Å². The Morgan fingerprint density at radius 1 is 1.47 bits per heavy atom. The van der Waals surface area contributed by atoms with Gasteiger partial charge in [0.15, 0.2) is 0 Å². The summed E-state index contributed by atoms with van der Waals surface area (Å²) in [5, 5.41) is 0. The van der Waals surface area contributed by atoms with Gasteiger partial charge in [-0.05, 0) is 31.5 Å². The molecule has 0 aromatic heterocycles. The van der Waals surface area contributed by atoms with E-state index in [1.807, 2.05) is 0 Å². The zero-order valence-corrected chi connectivity index (χ0v) is 12.5. The molecule has 1 aromatic carbocycles. The van der Waals surface area contributed by atoms with Crippen LogP contribution in [0.1, 0.15) is 36.1 Å². The quantitative estimate of drug-likeness (QED) is 0.510. The SMILES string of the molecule is CC1c2cccc(C[N+]34NC3CCS4)c2CCN1C. The standard InChI is InChI=1S/C15H22N3S/c1-11-13-5-3-4-12(14(13)6-8-17(11)2)10-18-15(16-18)7-9-19-18/h3-5,11,15-16H,6-10H2,1-2H3/q+1. The molecule has 3 heterocycles. The van der Waals surface area contributed by atoms with Gasteiger partial charge in [-0.25, -0.2) is 0 Å². The number of rotatable bonds is 2. The molecule has 3 unspecified atom stereocenters. The fourth-order valence-corrected chi connectivity index (χ4v) is 4.99. The van der Waals surface area contributed by atoms with Crippen LogP contribution in [0.25, 0.3) is 0 Å². The van der Waals surface area contributed by atoms with Gasteiger partial charge < -0.3 is 0 Å². The molecule has 4 heteroatoms. The summed E-state index contributed by atoms with van der Waals surface area (Å²) in [5.74, 6) is 1.31. The zero-order valence-electron chi connectivity index (χ0n) is 11.7.